The number of benzene rings is 4. The van der Waals surface area contributed by atoms with Gasteiger partial charge in [0, 0.05) is 23.4 Å². The second-order valence-corrected chi connectivity index (χ2v) is 11.3. The zero-order valence-corrected chi connectivity index (χ0v) is 21.1. The van der Waals surface area contributed by atoms with Gasteiger partial charge in [-0.1, -0.05) is 72.8 Å². The van der Waals surface area contributed by atoms with E-state index in [0.29, 0.717) is 11.3 Å². The standard InChI is InChI=1S/C30H25N3O4S/c34-33(35)29-12-5-4-9-26(29)30-25-11-6-10-24(25)27-19-23(17-18-28(27)31-30)38(36,37)32-22-15-13-21(14-16-22)20-7-2-1-3-8-20/h1-10,12-19,24-25,30-32H,11H2/t24-,25+,30-/m0/s1. The molecule has 4 aromatic rings. The molecule has 38 heavy (non-hydrogen) atoms. The van der Waals surface area contributed by atoms with Gasteiger partial charge in [0.25, 0.3) is 15.7 Å². The van der Waals surface area contributed by atoms with Gasteiger partial charge in [0.2, 0.25) is 0 Å². The van der Waals surface area contributed by atoms with Crippen molar-refractivity contribution in [2.24, 2.45) is 5.92 Å². The lowest BCUT2D eigenvalue weighted by Gasteiger charge is -2.37. The number of sulfonamides is 1. The molecule has 7 nitrogen and oxygen atoms in total. The third-order valence-electron chi connectivity index (χ3n) is 7.36. The van der Waals surface area contributed by atoms with Crippen LogP contribution >= 0.6 is 0 Å². The summed E-state index contributed by atoms with van der Waals surface area (Å²) in [4.78, 5) is 11.5. The van der Waals surface area contributed by atoms with Crippen molar-refractivity contribution in [2.45, 2.75) is 23.3 Å². The maximum absolute atomic E-state index is 13.3. The average Bonchev–Trinajstić information content (AvgIpc) is 3.43. The van der Waals surface area contributed by atoms with Gasteiger partial charge < -0.3 is 5.32 Å². The zero-order chi connectivity index (χ0) is 26.3. The number of hydrogen-bond acceptors (Lipinski definition) is 5. The van der Waals surface area contributed by atoms with Crippen molar-refractivity contribution in [1.29, 1.82) is 0 Å². The molecule has 2 aliphatic rings. The Morgan fingerprint density at radius 1 is 0.842 bits per heavy atom. The van der Waals surface area contributed by atoms with Crippen molar-refractivity contribution in [1.82, 2.24) is 0 Å². The molecule has 0 fully saturated rings. The second kappa shape index (κ2) is 9.46. The summed E-state index contributed by atoms with van der Waals surface area (Å²) in [5, 5.41) is 15.2. The molecule has 0 radical (unpaired) electrons. The summed E-state index contributed by atoms with van der Waals surface area (Å²) in [6.45, 7) is 0. The molecule has 3 atom stereocenters. The minimum absolute atomic E-state index is 0.0417. The normalized spacial score (nSPS) is 19.7. The van der Waals surface area contributed by atoms with Gasteiger partial charge in [0.1, 0.15) is 0 Å². The van der Waals surface area contributed by atoms with Gasteiger partial charge in [-0.2, -0.15) is 0 Å². The molecule has 4 aromatic carbocycles. The van der Waals surface area contributed by atoms with Crippen LogP contribution in [0.15, 0.2) is 114 Å². The predicted molar refractivity (Wildman–Crippen MR) is 149 cm³/mol. The third kappa shape index (κ3) is 4.33. The first-order valence-electron chi connectivity index (χ1n) is 12.4. The first-order valence-corrected chi connectivity index (χ1v) is 13.9. The van der Waals surface area contributed by atoms with Gasteiger partial charge in [-0.25, -0.2) is 8.42 Å². The molecule has 8 heteroatoms. The molecule has 0 amide bonds. The Labute approximate surface area is 221 Å². The van der Waals surface area contributed by atoms with E-state index in [9.17, 15) is 18.5 Å². The number of rotatable bonds is 6. The van der Waals surface area contributed by atoms with E-state index < -0.39 is 10.0 Å². The highest BCUT2D eigenvalue weighted by Crippen LogP contribution is 2.51. The molecular formula is C30H25N3O4S. The minimum atomic E-state index is -3.83. The lowest BCUT2D eigenvalue weighted by atomic mass is 9.76. The van der Waals surface area contributed by atoms with Crippen LogP contribution in [0.1, 0.15) is 29.5 Å². The van der Waals surface area contributed by atoms with Crippen molar-refractivity contribution in [3.05, 3.63) is 130 Å². The maximum atomic E-state index is 13.3. The highest BCUT2D eigenvalue weighted by Gasteiger charge is 2.40. The predicted octanol–water partition coefficient (Wildman–Crippen LogP) is 6.89. The van der Waals surface area contributed by atoms with E-state index in [1.54, 1.807) is 42.5 Å². The highest BCUT2D eigenvalue weighted by atomic mass is 32.2. The van der Waals surface area contributed by atoms with E-state index in [4.69, 9.17) is 0 Å². The fraction of sp³-hybridized carbons (Fsp3) is 0.133. The van der Waals surface area contributed by atoms with E-state index in [1.807, 2.05) is 48.5 Å². The second-order valence-electron chi connectivity index (χ2n) is 9.59. The van der Waals surface area contributed by atoms with Gasteiger partial charge in [-0.05, 0) is 59.4 Å². The smallest absolute Gasteiger partial charge is 0.274 e. The number of anilines is 2. The van der Waals surface area contributed by atoms with E-state index in [2.05, 4.69) is 22.2 Å². The summed E-state index contributed by atoms with van der Waals surface area (Å²) in [5.41, 5.74) is 4.92. The average molecular weight is 524 g/mol. The van der Waals surface area contributed by atoms with Crippen molar-refractivity contribution < 1.29 is 13.3 Å². The van der Waals surface area contributed by atoms with Crippen molar-refractivity contribution in [2.75, 3.05) is 10.0 Å². The van der Waals surface area contributed by atoms with Crippen LogP contribution in [0.5, 0.6) is 0 Å². The summed E-state index contributed by atoms with van der Waals surface area (Å²) in [5.74, 6) is -0.00332. The molecule has 1 aliphatic carbocycles. The van der Waals surface area contributed by atoms with Crippen molar-refractivity contribution in [3.63, 3.8) is 0 Å². The number of hydrogen-bond donors (Lipinski definition) is 2. The maximum Gasteiger partial charge on any atom is 0.274 e. The molecule has 0 saturated heterocycles. The van der Waals surface area contributed by atoms with Crippen LogP contribution in [-0.4, -0.2) is 13.3 Å². The van der Waals surface area contributed by atoms with Crippen LogP contribution in [-0.2, 0) is 10.0 Å². The number of nitro benzene ring substituents is 1. The van der Waals surface area contributed by atoms with E-state index in [1.165, 1.54) is 6.07 Å². The van der Waals surface area contributed by atoms with Crippen LogP contribution in [0, 0.1) is 16.0 Å². The number of fused-ring (bicyclic) bond motifs is 3. The quantitative estimate of drug-likeness (QED) is 0.163. The summed E-state index contributed by atoms with van der Waals surface area (Å²) >= 11 is 0. The number of allylic oxidation sites excluding steroid dienone is 2. The number of nitrogens with one attached hydrogen (secondary N) is 2. The van der Waals surface area contributed by atoms with E-state index >= 15 is 0 Å². The Bertz CT molecular complexity index is 1650. The van der Waals surface area contributed by atoms with Crippen LogP contribution < -0.4 is 10.0 Å². The largest absolute Gasteiger partial charge is 0.377 e. The van der Waals surface area contributed by atoms with Gasteiger partial charge >= 0.3 is 0 Å². The minimum Gasteiger partial charge on any atom is -0.377 e. The van der Waals surface area contributed by atoms with Crippen LogP contribution in [0.2, 0.25) is 0 Å². The molecule has 190 valence electrons. The molecule has 0 spiro atoms. The van der Waals surface area contributed by atoms with Gasteiger partial charge in [0.15, 0.2) is 0 Å². The molecule has 0 unspecified atom stereocenters. The van der Waals surface area contributed by atoms with Crippen LogP contribution in [0.3, 0.4) is 0 Å². The lowest BCUT2D eigenvalue weighted by Crippen LogP contribution is -2.30. The van der Waals surface area contributed by atoms with E-state index in [0.717, 1.165) is 28.8 Å². The first kappa shape index (κ1) is 23.9. The summed E-state index contributed by atoms with van der Waals surface area (Å²) < 4.78 is 29.3. The van der Waals surface area contributed by atoms with Gasteiger partial charge in [-0.3, -0.25) is 14.8 Å². The Morgan fingerprint density at radius 2 is 1.55 bits per heavy atom. The Hall–Kier alpha value is -4.43. The van der Waals surface area contributed by atoms with E-state index in [-0.39, 0.29) is 33.4 Å². The summed E-state index contributed by atoms with van der Waals surface area (Å²) in [6.07, 6.45) is 4.90. The van der Waals surface area contributed by atoms with Gasteiger partial charge in [0.05, 0.1) is 21.4 Å². The van der Waals surface area contributed by atoms with Crippen LogP contribution in [0.25, 0.3) is 11.1 Å². The van der Waals surface area contributed by atoms with Crippen molar-refractivity contribution >= 4 is 27.1 Å². The molecular weight excluding hydrogens is 498 g/mol. The topological polar surface area (TPSA) is 101 Å². The molecule has 1 heterocycles. The Kier molecular flexibility index (Phi) is 5.96. The Balaban J connectivity index is 1.29. The van der Waals surface area contributed by atoms with Crippen molar-refractivity contribution in [3.8, 4) is 11.1 Å². The molecule has 6 rings (SSSR count). The lowest BCUT2D eigenvalue weighted by molar-refractivity contribution is -0.385. The highest BCUT2D eigenvalue weighted by molar-refractivity contribution is 7.92. The summed E-state index contributed by atoms with van der Waals surface area (Å²) in [6, 6.07) is 28.8. The number of para-hydroxylation sites is 1. The van der Waals surface area contributed by atoms with Crippen LogP contribution in [0.4, 0.5) is 17.1 Å². The number of nitrogens with zero attached hydrogens (tertiary/aromatic N) is 1. The first-order chi connectivity index (χ1) is 18.4. The molecule has 2 N–H and O–H groups in total. The molecule has 0 aromatic heterocycles. The molecule has 0 bridgehead atoms. The summed E-state index contributed by atoms with van der Waals surface area (Å²) in [7, 11) is -3.83. The molecule has 0 saturated carbocycles. The fourth-order valence-corrected chi connectivity index (χ4v) is 6.63. The zero-order valence-electron chi connectivity index (χ0n) is 20.3. The SMILES string of the molecule is O=[N+]([O-])c1ccccc1[C@H]1Nc2ccc(S(=O)(=O)Nc3ccc(-c4ccccc4)cc3)cc2[C@H]2C=CC[C@H]21. The number of nitro groups is 1. The Morgan fingerprint density at radius 3 is 2.32 bits per heavy atom. The monoisotopic (exact) mass is 523 g/mol. The van der Waals surface area contributed by atoms with Gasteiger partial charge in [-0.15, -0.1) is 0 Å². The fourth-order valence-electron chi connectivity index (χ4n) is 5.54. The third-order valence-corrected chi connectivity index (χ3v) is 8.74. The molecule has 1 aliphatic heterocycles.